The summed E-state index contributed by atoms with van der Waals surface area (Å²) in [5.74, 6) is -0.318. The van der Waals surface area contributed by atoms with Crippen LogP contribution in [0.3, 0.4) is 0 Å². The molecule has 6 nitrogen and oxygen atoms in total. The Morgan fingerprint density at radius 3 is 2.75 bits per heavy atom. The number of ether oxygens (including phenoxy) is 2. The summed E-state index contributed by atoms with van der Waals surface area (Å²) in [7, 11) is 3.01. The first-order valence-electron chi connectivity index (χ1n) is 6.14. The van der Waals surface area contributed by atoms with E-state index in [4.69, 9.17) is 15.2 Å². The molecule has 6 heteroatoms. The highest BCUT2D eigenvalue weighted by atomic mass is 16.7. The van der Waals surface area contributed by atoms with Crippen molar-refractivity contribution in [2.75, 3.05) is 26.5 Å². The zero-order valence-electron chi connectivity index (χ0n) is 11.4. The van der Waals surface area contributed by atoms with Gasteiger partial charge in [-0.1, -0.05) is 18.2 Å². The first-order chi connectivity index (χ1) is 9.65. The molecule has 0 aliphatic rings. The Morgan fingerprint density at radius 1 is 1.35 bits per heavy atom. The maximum atomic E-state index is 12.0. The number of nitrogens with zero attached hydrogens (tertiary/aromatic N) is 1. The summed E-state index contributed by atoms with van der Waals surface area (Å²) in [6, 6.07) is 8.97. The predicted octanol–water partition coefficient (Wildman–Crippen LogP) is 1.17. The molecule has 3 N–H and O–H groups in total. The van der Waals surface area contributed by atoms with Crippen LogP contribution < -0.4 is 11.1 Å². The predicted molar refractivity (Wildman–Crippen MR) is 76.3 cm³/mol. The van der Waals surface area contributed by atoms with Gasteiger partial charge in [-0.2, -0.15) is 0 Å². The molecule has 0 aliphatic carbocycles. The number of rotatable bonds is 5. The number of hydrogen-bond donors (Lipinski definition) is 2. The molecule has 1 amide bonds. The van der Waals surface area contributed by atoms with Crippen LogP contribution in [0.4, 0.5) is 5.69 Å². The second kappa shape index (κ2) is 6.31. The van der Waals surface area contributed by atoms with Crippen molar-refractivity contribution in [2.45, 2.75) is 6.29 Å². The molecule has 20 heavy (non-hydrogen) atoms. The average molecular weight is 275 g/mol. The molecule has 2 aromatic rings. The highest BCUT2D eigenvalue weighted by molar-refractivity contribution is 5.99. The highest BCUT2D eigenvalue weighted by Gasteiger charge is 2.13. The van der Waals surface area contributed by atoms with E-state index in [0.29, 0.717) is 11.2 Å². The van der Waals surface area contributed by atoms with Crippen molar-refractivity contribution in [2.24, 2.45) is 0 Å². The normalized spacial score (nSPS) is 10.9. The minimum absolute atomic E-state index is 0.236. The zero-order chi connectivity index (χ0) is 14.5. The topological polar surface area (TPSA) is 86.5 Å². The van der Waals surface area contributed by atoms with Crippen LogP contribution in [0.2, 0.25) is 0 Å². The summed E-state index contributed by atoms with van der Waals surface area (Å²) in [5.41, 5.74) is 7.42. The zero-order valence-corrected chi connectivity index (χ0v) is 11.4. The Morgan fingerprint density at radius 2 is 2.05 bits per heavy atom. The van der Waals surface area contributed by atoms with Gasteiger partial charge in [-0.15, -0.1) is 0 Å². The molecular formula is C14H17N3O3. The molecule has 0 saturated heterocycles. The van der Waals surface area contributed by atoms with Crippen LogP contribution in [0.25, 0.3) is 10.9 Å². The van der Waals surface area contributed by atoms with E-state index >= 15 is 0 Å². The fraction of sp³-hybridized carbons (Fsp3) is 0.286. The lowest BCUT2D eigenvalue weighted by atomic mass is 10.1. The standard InChI is InChI=1S/C14H17N3O3/c1-19-13(20-2)8-16-14(18)12-7-10(15)9-5-3-4-6-11(9)17-12/h3-7,13H,8H2,1-2H3,(H2,15,17)(H,16,18). The van der Waals surface area contributed by atoms with Crippen LogP contribution in [-0.2, 0) is 9.47 Å². The minimum Gasteiger partial charge on any atom is -0.398 e. The van der Waals surface area contributed by atoms with Crippen molar-refractivity contribution in [1.82, 2.24) is 10.3 Å². The van der Waals surface area contributed by atoms with E-state index in [1.807, 2.05) is 24.3 Å². The molecule has 2 rings (SSSR count). The Bertz CT molecular complexity index is 612. The fourth-order valence-corrected chi connectivity index (χ4v) is 1.85. The Balaban J connectivity index is 2.18. The molecule has 1 heterocycles. The smallest absolute Gasteiger partial charge is 0.270 e. The molecule has 0 bridgehead atoms. The van der Waals surface area contributed by atoms with Gasteiger partial charge in [-0.25, -0.2) is 4.98 Å². The summed E-state index contributed by atoms with van der Waals surface area (Å²) >= 11 is 0. The van der Waals surface area contributed by atoms with Crippen LogP contribution in [0.15, 0.2) is 30.3 Å². The van der Waals surface area contributed by atoms with Crippen molar-refractivity contribution in [3.8, 4) is 0 Å². The lowest BCUT2D eigenvalue weighted by Gasteiger charge is -2.14. The minimum atomic E-state index is -0.489. The number of nitrogen functional groups attached to an aromatic ring is 1. The van der Waals surface area contributed by atoms with Gasteiger partial charge in [0.1, 0.15) is 5.69 Å². The number of fused-ring (bicyclic) bond motifs is 1. The van der Waals surface area contributed by atoms with E-state index in [2.05, 4.69) is 10.3 Å². The van der Waals surface area contributed by atoms with Gasteiger partial charge in [0.25, 0.3) is 5.91 Å². The summed E-state index contributed by atoms with van der Waals surface area (Å²) in [6.07, 6.45) is -0.489. The second-order valence-corrected chi connectivity index (χ2v) is 4.22. The molecule has 0 aliphatic heterocycles. The third kappa shape index (κ3) is 3.04. The summed E-state index contributed by atoms with van der Waals surface area (Å²) < 4.78 is 10.00. The van der Waals surface area contributed by atoms with Gasteiger partial charge >= 0.3 is 0 Å². The van der Waals surface area contributed by atoms with Gasteiger partial charge in [0.2, 0.25) is 0 Å². The van der Waals surface area contributed by atoms with Crippen LogP contribution in [0.1, 0.15) is 10.5 Å². The number of benzene rings is 1. The van der Waals surface area contributed by atoms with Gasteiger partial charge in [-0.05, 0) is 12.1 Å². The molecule has 0 spiro atoms. The summed E-state index contributed by atoms with van der Waals surface area (Å²) in [6.45, 7) is 0.236. The van der Waals surface area contributed by atoms with Gasteiger partial charge in [-0.3, -0.25) is 4.79 Å². The lowest BCUT2D eigenvalue weighted by Crippen LogP contribution is -2.34. The number of nitrogens with two attached hydrogens (primary N) is 1. The monoisotopic (exact) mass is 275 g/mol. The van der Waals surface area contributed by atoms with E-state index in [1.165, 1.54) is 14.2 Å². The number of para-hydroxylation sites is 1. The number of methoxy groups -OCH3 is 2. The van der Waals surface area contributed by atoms with Crippen LogP contribution >= 0.6 is 0 Å². The van der Waals surface area contributed by atoms with E-state index < -0.39 is 6.29 Å². The summed E-state index contributed by atoms with van der Waals surface area (Å²) in [4.78, 5) is 16.3. The van der Waals surface area contributed by atoms with Gasteiger partial charge in [0.05, 0.1) is 12.1 Å². The number of hydrogen-bond acceptors (Lipinski definition) is 5. The van der Waals surface area contributed by atoms with Crippen LogP contribution in [-0.4, -0.2) is 37.9 Å². The van der Waals surface area contributed by atoms with Crippen LogP contribution in [0.5, 0.6) is 0 Å². The molecule has 1 aromatic heterocycles. The summed E-state index contributed by atoms with van der Waals surface area (Å²) in [5, 5.41) is 3.52. The maximum absolute atomic E-state index is 12.0. The van der Waals surface area contributed by atoms with Crippen LogP contribution in [0, 0.1) is 0 Å². The Kier molecular flexibility index (Phi) is 4.49. The largest absolute Gasteiger partial charge is 0.398 e. The number of nitrogens with one attached hydrogen (secondary N) is 1. The fourth-order valence-electron chi connectivity index (χ4n) is 1.85. The van der Waals surface area contributed by atoms with E-state index in [0.717, 1.165) is 5.39 Å². The third-order valence-corrected chi connectivity index (χ3v) is 2.94. The first kappa shape index (κ1) is 14.2. The first-order valence-corrected chi connectivity index (χ1v) is 6.14. The molecule has 0 fully saturated rings. The molecule has 1 aromatic carbocycles. The maximum Gasteiger partial charge on any atom is 0.270 e. The SMILES string of the molecule is COC(CNC(=O)c1cc(N)c2ccccc2n1)OC. The number of amides is 1. The second-order valence-electron chi connectivity index (χ2n) is 4.22. The molecule has 0 radical (unpaired) electrons. The lowest BCUT2D eigenvalue weighted by molar-refractivity contribution is -0.0974. The number of aromatic nitrogens is 1. The quantitative estimate of drug-likeness (QED) is 0.800. The average Bonchev–Trinajstić information content (AvgIpc) is 2.48. The molecule has 106 valence electrons. The highest BCUT2D eigenvalue weighted by Crippen LogP contribution is 2.19. The van der Waals surface area contributed by atoms with Crippen molar-refractivity contribution in [1.29, 1.82) is 0 Å². The van der Waals surface area contributed by atoms with E-state index in [1.54, 1.807) is 6.07 Å². The third-order valence-electron chi connectivity index (χ3n) is 2.94. The van der Waals surface area contributed by atoms with Gasteiger partial charge in [0.15, 0.2) is 6.29 Å². The molecule has 0 saturated carbocycles. The molecule has 0 unspecified atom stereocenters. The Labute approximate surface area is 116 Å². The number of carbonyl (C=O) groups excluding carboxylic acids is 1. The number of anilines is 1. The molecular weight excluding hydrogens is 258 g/mol. The van der Waals surface area contributed by atoms with E-state index in [9.17, 15) is 4.79 Å². The van der Waals surface area contributed by atoms with Crippen molar-refractivity contribution < 1.29 is 14.3 Å². The van der Waals surface area contributed by atoms with Crippen molar-refractivity contribution in [3.05, 3.63) is 36.0 Å². The van der Waals surface area contributed by atoms with Crippen molar-refractivity contribution >= 4 is 22.5 Å². The van der Waals surface area contributed by atoms with Gasteiger partial charge < -0.3 is 20.5 Å². The Hall–Kier alpha value is -2.18. The van der Waals surface area contributed by atoms with Crippen molar-refractivity contribution in [3.63, 3.8) is 0 Å². The molecule has 0 atom stereocenters. The number of pyridine rings is 1. The number of carbonyl (C=O) groups is 1. The van der Waals surface area contributed by atoms with E-state index in [-0.39, 0.29) is 18.1 Å². The van der Waals surface area contributed by atoms with Gasteiger partial charge in [0, 0.05) is 25.3 Å².